The number of carbonyl (C=O) groups is 1. The standard InChI is InChI=1S/C24H33N7O/c1-4-5-6-18-7-9-19(10-8-18)23(17(2)3)25-24(32)20-13-15-30(16-14-20)22-12-11-21-26-28-29-31(21)27-22/h7-12,17,20,23H,4-6,13-16H2,1-3H3,(H,25,32)/t23-/m1/s1. The molecule has 3 heterocycles. The lowest BCUT2D eigenvalue weighted by Gasteiger charge is -2.33. The van der Waals surface area contributed by atoms with Gasteiger partial charge in [0.25, 0.3) is 0 Å². The third-order valence-corrected chi connectivity index (χ3v) is 6.37. The number of tetrazole rings is 1. The topological polar surface area (TPSA) is 88.3 Å². The van der Waals surface area contributed by atoms with Crippen LogP contribution in [0.2, 0.25) is 0 Å². The molecule has 1 amide bonds. The van der Waals surface area contributed by atoms with Crippen molar-refractivity contribution in [2.75, 3.05) is 18.0 Å². The number of unbranched alkanes of at least 4 members (excludes halogenated alkanes) is 1. The first-order chi connectivity index (χ1) is 15.5. The number of aromatic nitrogens is 5. The van der Waals surface area contributed by atoms with Crippen LogP contribution in [-0.2, 0) is 11.2 Å². The predicted octanol–water partition coefficient (Wildman–Crippen LogP) is 3.59. The van der Waals surface area contributed by atoms with Gasteiger partial charge in [-0.15, -0.1) is 14.8 Å². The molecule has 0 saturated carbocycles. The van der Waals surface area contributed by atoms with Gasteiger partial charge in [-0.25, -0.2) is 0 Å². The number of fused-ring (bicyclic) bond motifs is 1. The summed E-state index contributed by atoms with van der Waals surface area (Å²) in [4.78, 5) is 15.3. The van der Waals surface area contributed by atoms with E-state index in [2.05, 4.69) is 75.9 Å². The van der Waals surface area contributed by atoms with Crippen LogP contribution in [0.5, 0.6) is 0 Å². The van der Waals surface area contributed by atoms with Crippen molar-refractivity contribution in [3.63, 3.8) is 0 Å². The number of anilines is 1. The largest absolute Gasteiger partial charge is 0.355 e. The number of hydrogen-bond acceptors (Lipinski definition) is 6. The van der Waals surface area contributed by atoms with Crippen molar-refractivity contribution in [2.45, 2.75) is 58.9 Å². The average molecular weight is 436 g/mol. The molecule has 1 aromatic carbocycles. The Hall–Kier alpha value is -3.03. The van der Waals surface area contributed by atoms with E-state index >= 15 is 0 Å². The lowest BCUT2D eigenvalue weighted by atomic mass is 9.91. The summed E-state index contributed by atoms with van der Waals surface area (Å²) in [6.07, 6.45) is 5.14. The zero-order valence-corrected chi connectivity index (χ0v) is 19.2. The van der Waals surface area contributed by atoms with E-state index in [9.17, 15) is 4.79 Å². The first-order valence-electron chi connectivity index (χ1n) is 11.7. The molecule has 0 aliphatic carbocycles. The zero-order chi connectivity index (χ0) is 22.5. The van der Waals surface area contributed by atoms with Crippen LogP contribution >= 0.6 is 0 Å². The van der Waals surface area contributed by atoms with E-state index in [-0.39, 0.29) is 17.9 Å². The molecule has 8 nitrogen and oxygen atoms in total. The van der Waals surface area contributed by atoms with Crippen molar-refractivity contribution in [2.24, 2.45) is 11.8 Å². The van der Waals surface area contributed by atoms with Crippen molar-refractivity contribution in [3.05, 3.63) is 47.5 Å². The Morgan fingerprint density at radius 1 is 1.12 bits per heavy atom. The van der Waals surface area contributed by atoms with Crippen LogP contribution in [-0.4, -0.2) is 44.3 Å². The minimum atomic E-state index is 0.0214. The van der Waals surface area contributed by atoms with Gasteiger partial charge in [-0.1, -0.05) is 51.5 Å². The van der Waals surface area contributed by atoms with E-state index in [1.165, 1.54) is 28.6 Å². The van der Waals surface area contributed by atoms with Gasteiger partial charge in [0.2, 0.25) is 5.91 Å². The number of aryl methyl sites for hydroxylation is 1. The van der Waals surface area contributed by atoms with Crippen LogP contribution in [0.25, 0.3) is 5.65 Å². The third kappa shape index (κ3) is 5.06. The molecule has 8 heteroatoms. The number of piperidine rings is 1. The highest BCUT2D eigenvalue weighted by atomic mass is 16.2. The Bertz CT molecular complexity index is 1020. The minimum absolute atomic E-state index is 0.0214. The molecule has 1 atom stereocenters. The van der Waals surface area contributed by atoms with E-state index in [1.807, 2.05) is 12.1 Å². The molecule has 2 aromatic heterocycles. The summed E-state index contributed by atoms with van der Waals surface area (Å²) < 4.78 is 1.44. The molecule has 32 heavy (non-hydrogen) atoms. The van der Waals surface area contributed by atoms with E-state index < -0.39 is 0 Å². The maximum atomic E-state index is 13.1. The lowest BCUT2D eigenvalue weighted by Crippen LogP contribution is -2.42. The van der Waals surface area contributed by atoms with Gasteiger partial charge in [-0.3, -0.25) is 4.79 Å². The second-order valence-electron chi connectivity index (χ2n) is 9.05. The van der Waals surface area contributed by atoms with Crippen LogP contribution < -0.4 is 10.2 Å². The summed E-state index contributed by atoms with van der Waals surface area (Å²) >= 11 is 0. The molecule has 1 saturated heterocycles. The first kappa shape index (κ1) is 22.2. The van der Waals surface area contributed by atoms with Gasteiger partial charge in [0, 0.05) is 19.0 Å². The third-order valence-electron chi connectivity index (χ3n) is 6.37. The molecule has 3 aromatic rings. The number of nitrogens with one attached hydrogen (secondary N) is 1. The van der Waals surface area contributed by atoms with Gasteiger partial charge in [0.05, 0.1) is 6.04 Å². The van der Waals surface area contributed by atoms with Gasteiger partial charge in [0.15, 0.2) is 11.5 Å². The Balaban J connectivity index is 1.35. The number of amides is 1. The number of rotatable bonds is 8. The SMILES string of the molecule is CCCCc1ccc([C@H](NC(=O)C2CCN(c3ccc4nnnn4n3)CC2)C(C)C)cc1. The Kier molecular flexibility index (Phi) is 6.97. The smallest absolute Gasteiger partial charge is 0.223 e. The fourth-order valence-electron chi connectivity index (χ4n) is 4.36. The summed E-state index contributed by atoms with van der Waals surface area (Å²) in [6, 6.07) is 12.6. The predicted molar refractivity (Wildman–Crippen MR) is 124 cm³/mol. The highest BCUT2D eigenvalue weighted by Crippen LogP contribution is 2.26. The summed E-state index contributed by atoms with van der Waals surface area (Å²) in [6.45, 7) is 8.12. The Morgan fingerprint density at radius 3 is 2.56 bits per heavy atom. The molecule has 170 valence electrons. The minimum Gasteiger partial charge on any atom is -0.355 e. The molecule has 0 unspecified atom stereocenters. The van der Waals surface area contributed by atoms with Crippen molar-refractivity contribution >= 4 is 17.4 Å². The molecule has 1 fully saturated rings. The Morgan fingerprint density at radius 2 is 1.88 bits per heavy atom. The van der Waals surface area contributed by atoms with E-state index in [4.69, 9.17) is 0 Å². The average Bonchev–Trinajstić information content (AvgIpc) is 3.29. The molecule has 0 spiro atoms. The number of benzene rings is 1. The maximum Gasteiger partial charge on any atom is 0.223 e. The fraction of sp³-hybridized carbons (Fsp3) is 0.542. The fourth-order valence-corrected chi connectivity index (χ4v) is 4.36. The van der Waals surface area contributed by atoms with Crippen molar-refractivity contribution in [1.29, 1.82) is 0 Å². The van der Waals surface area contributed by atoms with E-state index in [0.717, 1.165) is 38.2 Å². The van der Waals surface area contributed by atoms with Crippen LogP contribution in [0.1, 0.15) is 63.6 Å². The van der Waals surface area contributed by atoms with Crippen molar-refractivity contribution < 1.29 is 4.79 Å². The van der Waals surface area contributed by atoms with Crippen LogP contribution in [0.15, 0.2) is 36.4 Å². The van der Waals surface area contributed by atoms with Crippen molar-refractivity contribution in [1.82, 2.24) is 30.6 Å². The van der Waals surface area contributed by atoms with Crippen LogP contribution in [0.4, 0.5) is 5.82 Å². The van der Waals surface area contributed by atoms with E-state index in [0.29, 0.717) is 11.6 Å². The highest BCUT2D eigenvalue weighted by molar-refractivity contribution is 5.79. The quantitative estimate of drug-likeness (QED) is 0.582. The molecular weight excluding hydrogens is 402 g/mol. The Labute approximate surface area is 189 Å². The number of hydrogen-bond donors (Lipinski definition) is 1. The zero-order valence-electron chi connectivity index (χ0n) is 19.2. The molecule has 0 radical (unpaired) electrons. The second-order valence-corrected chi connectivity index (χ2v) is 9.05. The first-order valence-corrected chi connectivity index (χ1v) is 11.7. The normalized spacial score (nSPS) is 15.9. The van der Waals surface area contributed by atoms with Gasteiger partial charge < -0.3 is 10.2 Å². The maximum absolute atomic E-state index is 13.1. The molecule has 0 bridgehead atoms. The van der Waals surface area contributed by atoms with Gasteiger partial charge in [0.1, 0.15) is 0 Å². The summed E-state index contributed by atoms with van der Waals surface area (Å²) in [7, 11) is 0. The summed E-state index contributed by atoms with van der Waals surface area (Å²) in [5.74, 6) is 1.34. The van der Waals surface area contributed by atoms with Gasteiger partial charge >= 0.3 is 0 Å². The molecule has 4 rings (SSSR count). The van der Waals surface area contributed by atoms with Gasteiger partial charge in [-0.05, 0) is 65.3 Å². The van der Waals surface area contributed by atoms with Gasteiger partial charge in [-0.2, -0.15) is 0 Å². The molecular formula is C24H33N7O. The number of carbonyl (C=O) groups excluding carboxylic acids is 1. The number of nitrogens with zero attached hydrogens (tertiary/aromatic N) is 6. The summed E-state index contributed by atoms with van der Waals surface area (Å²) in [5.41, 5.74) is 3.18. The van der Waals surface area contributed by atoms with Crippen molar-refractivity contribution in [3.8, 4) is 0 Å². The molecule has 1 aliphatic rings. The monoisotopic (exact) mass is 435 g/mol. The second kappa shape index (κ2) is 10.1. The van der Waals surface area contributed by atoms with Crippen LogP contribution in [0.3, 0.4) is 0 Å². The lowest BCUT2D eigenvalue weighted by molar-refractivity contribution is -0.126. The van der Waals surface area contributed by atoms with Crippen LogP contribution in [0, 0.1) is 11.8 Å². The summed E-state index contributed by atoms with van der Waals surface area (Å²) in [5, 5.41) is 19.2. The van der Waals surface area contributed by atoms with E-state index in [1.54, 1.807) is 0 Å². The highest BCUT2D eigenvalue weighted by Gasteiger charge is 2.28. The molecule has 1 N–H and O–H groups in total. The molecule has 1 aliphatic heterocycles.